The highest BCUT2D eigenvalue weighted by molar-refractivity contribution is 7.92. The van der Waals surface area contributed by atoms with Gasteiger partial charge in [0.05, 0.1) is 35.3 Å². The van der Waals surface area contributed by atoms with E-state index in [0.717, 1.165) is 31.4 Å². The fraction of sp³-hybridized carbons (Fsp3) is 0.472. The third kappa shape index (κ3) is 9.78. The smallest absolute Gasteiger partial charge is 0.261 e. The van der Waals surface area contributed by atoms with Crippen LogP contribution in [0.2, 0.25) is 0 Å². The lowest BCUT2D eigenvalue weighted by atomic mass is 10.0. The average molecular weight is 652 g/mol. The van der Waals surface area contributed by atoms with Crippen molar-refractivity contribution in [3.8, 4) is 5.75 Å². The van der Waals surface area contributed by atoms with E-state index in [4.69, 9.17) is 9.47 Å². The molecule has 1 heterocycles. The van der Waals surface area contributed by atoms with E-state index in [1.807, 2.05) is 32.0 Å². The Morgan fingerprint density at radius 3 is 2.46 bits per heavy atom. The molecular weight excluding hydrogens is 602 g/mol. The minimum absolute atomic E-state index is 0.0642. The first-order chi connectivity index (χ1) is 22.0. The molecule has 3 aromatic carbocycles. The summed E-state index contributed by atoms with van der Waals surface area (Å²) in [5.41, 5.74) is 2.64. The molecule has 10 heteroatoms. The molecule has 0 bridgehead atoms. The minimum atomic E-state index is -3.90. The van der Waals surface area contributed by atoms with Crippen molar-refractivity contribution in [1.29, 1.82) is 0 Å². The topological polar surface area (TPSA) is 108 Å². The second-order valence-electron chi connectivity index (χ2n) is 12.6. The first-order valence-electron chi connectivity index (χ1n) is 16.1. The van der Waals surface area contributed by atoms with Crippen LogP contribution in [0, 0.1) is 12.8 Å². The molecule has 3 aromatic rings. The van der Waals surface area contributed by atoms with Crippen molar-refractivity contribution in [2.24, 2.45) is 5.92 Å². The van der Waals surface area contributed by atoms with Crippen LogP contribution in [0.1, 0.15) is 61.5 Å². The lowest BCUT2D eigenvalue weighted by molar-refractivity contribution is -0.0177. The summed E-state index contributed by atoms with van der Waals surface area (Å²) in [4.78, 5) is 18.4. The standard InChI is InChI=1S/C36H49N3O6S/c1-26-14-17-32(18-15-26)46(42,43)37-31-16-19-34-33(21-31)36(41)39(28(3)25-40)22-27(2)35(44-20-10-9-11-29(4)45-34)24-38(5)23-30-12-7-6-8-13-30/h6-8,12-19,21,27-29,35,37,40H,9-11,20,22-25H2,1-5H3/t27-,28+,29+,35+/m0/s1. The molecule has 1 aliphatic heterocycles. The predicted molar refractivity (Wildman–Crippen MR) is 182 cm³/mol. The predicted octanol–water partition coefficient (Wildman–Crippen LogP) is 5.72. The number of aliphatic hydroxyl groups is 1. The zero-order chi connectivity index (χ0) is 33.3. The molecular formula is C36H49N3O6S. The molecule has 0 saturated carbocycles. The normalized spacial score (nSPS) is 20.8. The fourth-order valence-electron chi connectivity index (χ4n) is 5.65. The zero-order valence-electron chi connectivity index (χ0n) is 27.7. The molecule has 0 fully saturated rings. The molecule has 0 spiro atoms. The number of nitrogens with one attached hydrogen (secondary N) is 1. The van der Waals surface area contributed by atoms with Crippen LogP contribution in [-0.2, 0) is 21.3 Å². The van der Waals surface area contributed by atoms with Crippen molar-refractivity contribution in [2.45, 2.75) is 76.6 Å². The highest BCUT2D eigenvalue weighted by atomic mass is 32.2. The van der Waals surface area contributed by atoms with E-state index in [1.165, 1.54) is 11.6 Å². The molecule has 0 aromatic heterocycles. The van der Waals surface area contributed by atoms with Gasteiger partial charge in [0.25, 0.3) is 15.9 Å². The van der Waals surface area contributed by atoms with Gasteiger partial charge >= 0.3 is 0 Å². The van der Waals surface area contributed by atoms with Gasteiger partial charge in [0.2, 0.25) is 0 Å². The monoisotopic (exact) mass is 651 g/mol. The molecule has 250 valence electrons. The maximum absolute atomic E-state index is 14.4. The van der Waals surface area contributed by atoms with Crippen LogP contribution in [0.3, 0.4) is 0 Å². The van der Waals surface area contributed by atoms with Gasteiger partial charge in [-0.3, -0.25) is 14.4 Å². The Kier molecular flexibility index (Phi) is 12.6. The Hall–Kier alpha value is -3.44. The van der Waals surface area contributed by atoms with E-state index in [-0.39, 0.29) is 46.8 Å². The van der Waals surface area contributed by atoms with Crippen LogP contribution >= 0.6 is 0 Å². The Morgan fingerprint density at radius 1 is 1.04 bits per heavy atom. The molecule has 0 radical (unpaired) electrons. The summed E-state index contributed by atoms with van der Waals surface area (Å²) in [7, 11) is -1.82. The highest BCUT2D eigenvalue weighted by Gasteiger charge is 2.30. The number of hydrogen-bond donors (Lipinski definition) is 2. The van der Waals surface area contributed by atoms with Gasteiger partial charge in [-0.05, 0) is 83.0 Å². The van der Waals surface area contributed by atoms with Crippen molar-refractivity contribution in [3.63, 3.8) is 0 Å². The van der Waals surface area contributed by atoms with Gasteiger partial charge in [-0.2, -0.15) is 0 Å². The first kappa shape index (κ1) is 35.4. The van der Waals surface area contributed by atoms with Crippen molar-refractivity contribution in [3.05, 3.63) is 89.5 Å². The number of amides is 1. The number of sulfonamides is 1. The molecule has 0 aliphatic carbocycles. The summed E-state index contributed by atoms with van der Waals surface area (Å²) in [6, 6.07) is 21.2. The number of carbonyl (C=O) groups excluding carboxylic acids is 1. The maximum atomic E-state index is 14.4. The molecule has 1 aliphatic rings. The molecule has 4 rings (SSSR count). The van der Waals surface area contributed by atoms with Gasteiger partial charge in [-0.1, -0.05) is 55.0 Å². The number of ether oxygens (including phenoxy) is 2. The van der Waals surface area contributed by atoms with Gasteiger partial charge in [0.1, 0.15) is 5.75 Å². The maximum Gasteiger partial charge on any atom is 0.261 e. The van der Waals surface area contributed by atoms with Crippen LogP contribution in [0.25, 0.3) is 0 Å². The second-order valence-corrected chi connectivity index (χ2v) is 14.3. The summed E-state index contributed by atoms with van der Waals surface area (Å²) < 4.78 is 41.8. The fourth-order valence-corrected chi connectivity index (χ4v) is 6.70. The van der Waals surface area contributed by atoms with E-state index < -0.39 is 16.1 Å². The Morgan fingerprint density at radius 2 is 1.76 bits per heavy atom. The highest BCUT2D eigenvalue weighted by Crippen LogP contribution is 2.29. The van der Waals surface area contributed by atoms with E-state index in [0.29, 0.717) is 25.4 Å². The van der Waals surface area contributed by atoms with Crippen LogP contribution < -0.4 is 9.46 Å². The summed E-state index contributed by atoms with van der Waals surface area (Å²) >= 11 is 0. The van der Waals surface area contributed by atoms with Crippen LogP contribution in [0.15, 0.2) is 77.7 Å². The lowest BCUT2D eigenvalue weighted by Gasteiger charge is -2.36. The largest absolute Gasteiger partial charge is 0.490 e. The summed E-state index contributed by atoms with van der Waals surface area (Å²) in [6.45, 7) is 9.88. The lowest BCUT2D eigenvalue weighted by Crippen LogP contribution is -2.47. The molecule has 9 nitrogen and oxygen atoms in total. The number of aliphatic hydroxyl groups excluding tert-OH is 1. The van der Waals surface area contributed by atoms with Crippen molar-refractivity contribution >= 4 is 21.6 Å². The van der Waals surface area contributed by atoms with E-state index in [9.17, 15) is 18.3 Å². The van der Waals surface area contributed by atoms with Crippen LogP contribution in [0.5, 0.6) is 5.75 Å². The molecule has 0 saturated heterocycles. The molecule has 1 amide bonds. The van der Waals surface area contributed by atoms with Gasteiger partial charge in [-0.25, -0.2) is 8.42 Å². The summed E-state index contributed by atoms with van der Waals surface area (Å²) in [6.07, 6.45) is 2.21. The Labute approximate surface area is 274 Å². The number of benzene rings is 3. The molecule has 0 unspecified atom stereocenters. The molecule has 2 N–H and O–H groups in total. The van der Waals surface area contributed by atoms with E-state index in [2.05, 4.69) is 35.7 Å². The number of nitrogens with zero attached hydrogens (tertiary/aromatic N) is 2. The Bertz CT molecular complexity index is 1520. The van der Waals surface area contributed by atoms with E-state index in [1.54, 1.807) is 48.2 Å². The van der Waals surface area contributed by atoms with Gasteiger partial charge in [0, 0.05) is 37.8 Å². The van der Waals surface area contributed by atoms with Gasteiger partial charge in [-0.15, -0.1) is 0 Å². The number of aryl methyl sites for hydroxylation is 1. The third-order valence-electron chi connectivity index (χ3n) is 8.42. The van der Waals surface area contributed by atoms with Gasteiger partial charge < -0.3 is 19.5 Å². The van der Waals surface area contributed by atoms with E-state index >= 15 is 0 Å². The third-order valence-corrected chi connectivity index (χ3v) is 9.82. The summed E-state index contributed by atoms with van der Waals surface area (Å²) in [5.74, 6) is -0.0305. The minimum Gasteiger partial charge on any atom is -0.490 e. The SMILES string of the molecule is Cc1ccc(S(=O)(=O)Nc2ccc3c(c2)C(=O)N([C@H](C)CO)C[C@H](C)[C@@H](CN(C)Cc2ccccc2)OCCCC[C@@H](C)O3)cc1. The van der Waals surface area contributed by atoms with Crippen molar-refractivity contribution < 1.29 is 27.8 Å². The molecule has 46 heavy (non-hydrogen) atoms. The van der Waals surface area contributed by atoms with Crippen LogP contribution in [0.4, 0.5) is 5.69 Å². The quantitative estimate of drug-likeness (QED) is 0.305. The molecule has 4 atom stereocenters. The Balaban J connectivity index is 1.64. The summed E-state index contributed by atoms with van der Waals surface area (Å²) in [5, 5.41) is 10.2. The number of carbonyl (C=O) groups is 1. The number of fused-ring (bicyclic) bond motifs is 1. The first-order valence-corrected chi connectivity index (χ1v) is 17.6. The van der Waals surface area contributed by atoms with Gasteiger partial charge in [0.15, 0.2) is 0 Å². The number of rotatable bonds is 9. The van der Waals surface area contributed by atoms with Crippen molar-refractivity contribution in [2.75, 3.05) is 38.1 Å². The zero-order valence-corrected chi connectivity index (χ0v) is 28.5. The number of hydrogen-bond acceptors (Lipinski definition) is 7. The van der Waals surface area contributed by atoms with Crippen molar-refractivity contribution in [1.82, 2.24) is 9.80 Å². The van der Waals surface area contributed by atoms with Crippen LogP contribution in [-0.4, -0.2) is 80.8 Å². The number of likely N-dealkylation sites (N-methyl/N-ethyl adjacent to an activating group) is 1. The average Bonchev–Trinajstić information content (AvgIpc) is 3.03. The number of anilines is 1. The second kappa shape index (κ2) is 16.4.